The number of carbonyl (C=O) groups is 1. The number of hydrogen-bond acceptors (Lipinski definition) is 2. The molecule has 0 saturated carbocycles. The van der Waals surface area contributed by atoms with E-state index < -0.39 is 17.6 Å². The second-order valence-electron chi connectivity index (χ2n) is 4.07. The maximum Gasteiger partial charge on any atom is 0.417 e. The third-order valence-electron chi connectivity index (χ3n) is 2.36. The summed E-state index contributed by atoms with van der Waals surface area (Å²) in [7, 11) is 0. The minimum Gasteiger partial charge on any atom is -0.352 e. The summed E-state index contributed by atoms with van der Waals surface area (Å²) in [5.41, 5.74) is 4.19. The molecule has 108 valence electrons. The van der Waals surface area contributed by atoms with Crippen molar-refractivity contribution >= 4 is 18.3 Å². The van der Waals surface area contributed by atoms with Gasteiger partial charge in [-0.3, -0.25) is 4.79 Å². The zero-order valence-corrected chi connectivity index (χ0v) is 11.1. The van der Waals surface area contributed by atoms with Crippen molar-refractivity contribution < 1.29 is 18.0 Å². The summed E-state index contributed by atoms with van der Waals surface area (Å²) < 4.78 is 38.0. The average molecular weight is 297 g/mol. The molecule has 1 atom stereocenters. The molecule has 1 amide bonds. The summed E-state index contributed by atoms with van der Waals surface area (Å²) in [5.74, 6) is -0.733. The van der Waals surface area contributed by atoms with Crippen LogP contribution in [0.2, 0.25) is 0 Å². The van der Waals surface area contributed by atoms with Gasteiger partial charge in [0, 0.05) is 12.6 Å². The molecular weight excluding hydrogens is 281 g/mol. The summed E-state index contributed by atoms with van der Waals surface area (Å²) in [6.07, 6.45) is -4.02. The zero-order chi connectivity index (χ0) is 13.8. The summed E-state index contributed by atoms with van der Waals surface area (Å²) in [6, 6.07) is 4.59. The molecule has 3 N–H and O–H groups in total. The second-order valence-corrected chi connectivity index (χ2v) is 4.07. The first-order valence-electron chi connectivity index (χ1n) is 5.52. The van der Waals surface area contributed by atoms with E-state index in [4.69, 9.17) is 5.73 Å². The number of hydrogen-bond donors (Lipinski definition) is 2. The smallest absolute Gasteiger partial charge is 0.352 e. The standard InChI is InChI=1S/C12H15F3N2O.ClH/c1-8(16)6-7-17-11(18)9-4-2-3-5-10(9)12(13,14)15;/h2-5,8H,6-7,16H2,1H3,(H,17,18);1H. The monoisotopic (exact) mass is 296 g/mol. The molecule has 1 aromatic carbocycles. The van der Waals surface area contributed by atoms with E-state index >= 15 is 0 Å². The number of nitrogens with one attached hydrogen (secondary N) is 1. The lowest BCUT2D eigenvalue weighted by atomic mass is 10.1. The second kappa shape index (κ2) is 7.35. The minimum atomic E-state index is -4.53. The van der Waals surface area contributed by atoms with E-state index in [9.17, 15) is 18.0 Å². The predicted molar refractivity (Wildman–Crippen MR) is 69.3 cm³/mol. The zero-order valence-electron chi connectivity index (χ0n) is 10.3. The molecule has 19 heavy (non-hydrogen) atoms. The number of benzene rings is 1. The molecule has 0 aliphatic carbocycles. The Labute approximate surface area is 115 Å². The van der Waals surface area contributed by atoms with Crippen molar-refractivity contribution in [3.8, 4) is 0 Å². The van der Waals surface area contributed by atoms with Crippen LogP contribution >= 0.6 is 12.4 Å². The number of amides is 1. The largest absolute Gasteiger partial charge is 0.417 e. The number of alkyl halides is 3. The first kappa shape index (κ1) is 17.7. The average Bonchev–Trinajstić information content (AvgIpc) is 2.27. The predicted octanol–water partition coefficient (Wildman–Crippen LogP) is 2.59. The Morgan fingerprint density at radius 3 is 2.47 bits per heavy atom. The first-order valence-corrected chi connectivity index (χ1v) is 5.52. The van der Waals surface area contributed by atoms with Crippen LogP contribution in [-0.4, -0.2) is 18.5 Å². The van der Waals surface area contributed by atoms with E-state index in [1.54, 1.807) is 6.92 Å². The van der Waals surface area contributed by atoms with Crippen molar-refractivity contribution in [3.63, 3.8) is 0 Å². The van der Waals surface area contributed by atoms with Gasteiger partial charge in [-0.15, -0.1) is 12.4 Å². The topological polar surface area (TPSA) is 55.1 Å². The van der Waals surface area contributed by atoms with Gasteiger partial charge in [0.15, 0.2) is 0 Å². The molecule has 0 heterocycles. The van der Waals surface area contributed by atoms with Crippen LogP contribution in [0.1, 0.15) is 29.3 Å². The van der Waals surface area contributed by atoms with Gasteiger partial charge in [-0.1, -0.05) is 12.1 Å². The third kappa shape index (κ3) is 5.48. The summed E-state index contributed by atoms with van der Waals surface area (Å²) in [5, 5.41) is 2.42. The minimum absolute atomic E-state index is 0. The van der Waals surface area contributed by atoms with Crippen LogP contribution in [0.25, 0.3) is 0 Å². The Balaban J connectivity index is 0.00000324. The number of carbonyl (C=O) groups excluding carboxylic acids is 1. The van der Waals surface area contributed by atoms with Gasteiger partial charge in [0.2, 0.25) is 0 Å². The van der Waals surface area contributed by atoms with Crippen LogP contribution in [-0.2, 0) is 6.18 Å². The maximum atomic E-state index is 12.7. The van der Waals surface area contributed by atoms with Gasteiger partial charge in [0.25, 0.3) is 5.91 Å². The van der Waals surface area contributed by atoms with Gasteiger partial charge < -0.3 is 11.1 Å². The molecule has 0 saturated heterocycles. The van der Waals surface area contributed by atoms with Gasteiger partial charge in [-0.2, -0.15) is 13.2 Å². The van der Waals surface area contributed by atoms with Crippen molar-refractivity contribution in [1.29, 1.82) is 0 Å². The molecule has 7 heteroatoms. The number of nitrogens with two attached hydrogens (primary N) is 1. The van der Waals surface area contributed by atoms with E-state index in [2.05, 4.69) is 5.32 Å². The van der Waals surface area contributed by atoms with Crippen LogP contribution in [0.3, 0.4) is 0 Å². The highest BCUT2D eigenvalue weighted by atomic mass is 35.5. The molecule has 1 rings (SSSR count). The molecule has 3 nitrogen and oxygen atoms in total. The van der Waals surface area contributed by atoms with Crippen molar-refractivity contribution in [2.75, 3.05) is 6.54 Å². The van der Waals surface area contributed by atoms with Crippen molar-refractivity contribution in [1.82, 2.24) is 5.32 Å². The van der Waals surface area contributed by atoms with E-state index in [1.165, 1.54) is 12.1 Å². The SMILES string of the molecule is CC(N)CCNC(=O)c1ccccc1C(F)(F)F.Cl. The van der Waals surface area contributed by atoms with E-state index in [1.807, 2.05) is 0 Å². The lowest BCUT2D eigenvalue weighted by Gasteiger charge is -2.13. The van der Waals surface area contributed by atoms with E-state index in [-0.39, 0.29) is 30.6 Å². The molecule has 0 aliphatic rings. The fourth-order valence-corrected chi connectivity index (χ4v) is 1.44. The highest BCUT2D eigenvalue weighted by Gasteiger charge is 2.34. The number of rotatable bonds is 4. The Hall–Kier alpha value is -1.27. The van der Waals surface area contributed by atoms with Crippen molar-refractivity contribution in [3.05, 3.63) is 35.4 Å². The molecule has 0 fully saturated rings. The molecular formula is C12H16ClF3N2O. The van der Waals surface area contributed by atoms with Gasteiger partial charge in [-0.05, 0) is 25.5 Å². The molecule has 0 aromatic heterocycles. The van der Waals surface area contributed by atoms with Gasteiger partial charge in [-0.25, -0.2) is 0 Å². The lowest BCUT2D eigenvalue weighted by Crippen LogP contribution is -2.30. The molecule has 1 aromatic rings. The van der Waals surface area contributed by atoms with Crippen LogP contribution in [0.5, 0.6) is 0 Å². The summed E-state index contributed by atoms with van der Waals surface area (Å²) >= 11 is 0. The quantitative estimate of drug-likeness (QED) is 0.897. The molecule has 1 unspecified atom stereocenters. The molecule has 0 radical (unpaired) electrons. The van der Waals surface area contributed by atoms with E-state index in [0.717, 1.165) is 12.1 Å². The van der Waals surface area contributed by atoms with Crippen LogP contribution in [0, 0.1) is 0 Å². The normalized spacial score (nSPS) is 12.5. The molecule has 0 spiro atoms. The first-order chi connectivity index (χ1) is 8.32. The van der Waals surface area contributed by atoms with Crippen LogP contribution < -0.4 is 11.1 Å². The van der Waals surface area contributed by atoms with E-state index in [0.29, 0.717) is 6.42 Å². The fraction of sp³-hybridized carbons (Fsp3) is 0.417. The number of halogens is 4. The maximum absolute atomic E-state index is 12.7. The summed E-state index contributed by atoms with van der Waals surface area (Å²) in [4.78, 5) is 11.6. The Kier molecular flexibility index (Phi) is 6.86. The lowest BCUT2D eigenvalue weighted by molar-refractivity contribution is -0.137. The Bertz CT molecular complexity index is 422. The summed E-state index contributed by atoms with van der Waals surface area (Å²) in [6.45, 7) is 2.01. The molecule has 0 bridgehead atoms. The van der Waals surface area contributed by atoms with Gasteiger partial charge >= 0.3 is 6.18 Å². The highest BCUT2D eigenvalue weighted by Crippen LogP contribution is 2.31. The molecule has 0 aliphatic heterocycles. The fourth-order valence-electron chi connectivity index (χ4n) is 1.44. The van der Waals surface area contributed by atoms with Crippen LogP contribution in [0.4, 0.5) is 13.2 Å². The highest BCUT2D eigenvalue weighted by molar-refractivity contribution is 5.95. The van der Waals surface area contributed by atoms with Gasteiger partial charge in [0.1, 0.15) is 0 Å². The van der Waals surface area contributed by atoms with Crippen LogP contribution in [0.15, 0.2) is 24.3 Å². The Morgan fingerprint density at radius 1 is 1.37 bits per heavy atom. The van der Waals surface area contributed by atoms with Crippen molar-refractivity contribution in [2.45, 2.75) is 25.6 Å². The third-order valence-corrected chi connectivity index (χ3v) is 2.36. The van der Waals surface area contributed by atoms with Crippen molar-refractivity contribution in [2.24, 2.45) is 5.73 Å². The Morgan fingerprint density at radius 2 is 1.95 bits per heavy atom. The van der Waals surface area contributed by atoms with Gasteiger partial charge in [0.05, 0.1) is 11.1 Å².